The van der Waals surface area contributed by atoms with E-state index in [4.69, 9.17) is 5.10 Å². The average Bonchev–Trinajstić information content (AvgIpc) is 3.38. The number of benzene rings is 3. The van der Waals surface area contributed by atoms with Crippen LogP contribution in [0.25, 0.3) is 22.4 Å². The van der Waals surface area contributed by atoms with Gasteiger partial charge in [0.2, 0.25) is 0 Å². The lowest BCUT2D eigenvalue weighted by Crippen LogP contribution is -2.48. The lowest BCUT2D eigenvalue weighted by Gasteiger charge is -2.47. The SMILES string of the molecule is C[C@@H]1C(=O)C(C#N)=C[C@]2(c3ccccc3)c3nn(C)c(-c4cccc(-c5ccc(N(CS(C)(=O)=O)S(=O)O)cc5)c4)c3CC[C@@H]12. The summed E-state index contributed by atoms with van der Waals surface area (Å²) in [6.07, 6.45) is 4.37. The molecule has 3 aromatic carbocycles. The molecule has 1 aromatic heterocycles. The standard InChI is InChI=1S/C34H32N4O5S2/c1-22-30-17-16-29-31(37(2)36-33(29)34(30,19-26(20-35)32(22)39)27-10-5-4-6-11-27)25-9-7-8-24(18-25)23-12-14-28(15-13-23)38(44(40)41)21-45(3,42)43/h4-15,18-19,22,30H,16-17,21H2,1-3H3,(H,40,41)/t22-,30-,34+/m0/s1. The second-order valence-electron chi connectivity index (χ2n) is 11.8. The minimum Gasteiger partial charge on any atom is -0.293 e. The van der Waals surface area contributed by atoms with E-state index in [2.05, 4.69) is 24.3 Å². The molecule has 0 bridgehead atoms. The quantitative estimate of drug-likeness (QED) is 0.274. The Kier molecular flexibility index (Phi) is 7.85. The molecule has 4 aromatic rings. The third-order valence-corrected chi connectivity index (χ3v) is 10.6. The molecule has 1 unspecified atom stereocenters. The van der Waals surface area contributed by atoms with Crippen LogP contribution < -0.4 is 4.31 Å². The molecule has 0 saturated carbocycles. The highest BCUT2D eigenvalue weighted by atomic mass is 32.2. The number of allylic oxidation sites excluding steroid dienone is 2. The summed E-state index contributed by atoms with van der Waals surface area (Å²) in [7, 11) is -1.62. The minimum atomic E-state index is -3.53. The fourth-order valence-electron chi connectivity index (χ4n) is 7.07. The first-order chi connectivity index (χ1) is 21.4. The van der Waals surface area contributed by atoms with Crippen LogP contribution in [-0.2, 0) is 44.8 Å². The van der Waals surface area contributed by atoms with E-state index in [1.807, 2.05) is 61.1 Å². The molecule has 2 aliphatic carbocycles. The maximum atomic E-state index is 13.1. The van der Waals surface area contributed by atoms with E-state index in [1.165, 1.54) is 0 Å². The highest BCUT2D eigenvalue weighted by molar-refractivity contribution is 7.92. The van der Waals surface area contributed by atoms with Crippen LogP contribution in [-0.4, -0.2) is 44.9 Å². The number of ketones is 1. The molecular weight excluding hydrogens is 609 g/mol. The minimum absolute atomic E-state index is 0.0416. The van der Waals surface area contributed by atoms with Gasteiger partial charge in [-0.1, -0.05) is 67.6 Å². The average molecular weight is 641 g/mol. The largest absolute Gasteiger partial charge is 0.293 e. The van der Waals surface area contributed by atoms with Crippen molar-refractivity contribution in [1.82, 2.24) is 9.78 Å². The van der Waals surface area contributed by atoms with E-state index in [0.717, 1.165) is 62.6 Å². The number of Topliss-reactive ketones (excluding diaryl/α,β-unsaturated/α-hetero) is 1. The second kappa shape index (κ2) is 11.5. The molecule has 2 aliphatic rings. The van der Waals surface area contributed by atoms with E-state index in [1.54, 1.807) is 24.3 Å². The molecule has 230 valence electrons. The van der Waals surface area contributed by atoms with Crippen molar-refractivity contribution in [3.05, 3.63) is 107 Å². The van der Waals surface area contributed by atoms with Crippen molar-refractivity contribution in [1.29, 1.82) is 5.26 Å². The molecule has 6 rings (SSSR count). The van der Waals surface area contributed by atoms with Gasteiger partial charge in [0.25, 0.3) is 11.3 Å². The van der Waals surface area contributed by atoms with Crippen LogP contribution in [0.3, 0.4) is 0 Å². The predicted molar refractivity (Wildman–Crippen MR) is 174 cm³/mol. The van der Waals surface area contributed by atoms with Crippen LogP contribution in [0.15, 0.2) is 90.5 Å². The molecule has 1 heterocycles. The Labute approximate surface area is 265 Å². The Balaban J connectivity index is 1.45. The van der Waals surface area contributed by atoms with Crippen molar-refractivity contribution < 1.29 is 22.0 Å². The number of aromatic nitrogens is 2. The monoisotopic (exact) mass is 640 g/mol. The first-order valence-electron chi connectivity index (χ1n) is 14.5. The summed E-state index contributed by atoms with van der Waals surface area (Å²) in [6.45, 7) is 1.93. The Morgan fingerprint density at radius 2 is 1.76 bits per heavy atom. The normalized spacial score (nSPS) is 21.7. The Hall–Kier alpha value is -4.37. The molecule has 0 spiro atoms. The highest BCUT2D eigenvalue weighted by Crippen LogP contribution is 2.54. The van der Waals surface area contributed by atoms with Gasteiger partial charge in [-0.05, 0) is 59.7 Å². The number of aryl methyl sites for hydroxylation is 1. The maximum absolute atomic E-state index is 13.1. The third-order valence-electron chi connectivity index (χ3n) is 9.02. The van der Waals surface area contributed by atoms with Crippen LogP contribution in [0, 0.1) is 23.2 Å². The number of hydrogen-bond acceptors (Lipinski definition) is 6. The van der Waals surface area contributed by atoms with E-state index in [0.29, 0.717) is 5.69 Å². The van der Waals surface area contributed by atoms with Crippen LogP contribution in [0.4, 0.5) is 5.69 Å². The summed E-state index contributed by atoms with van der Waals surface area (Å²) in [5.74, 6) is -1.07. The van der Waals surface area contributed by atoms with Crippen molar-refractivity contribution in [3.8, 4) is 28.5 Å². The zero-order valence-electron chi connectivity index (χ0n) is 25.0. The summed E-state index contributed by atoms with van der Waals surface area (Å²) < 4.78 is 48.0. The van der Waals surface area contributed by atoms with Gasteiger partial charge in [-0.3, -0.25) is 18.3 Å². The number of sulfone groups is 1. The number of nitrogens with zero attached hydrogens (tertiary/aromatic N) is 4. The molecule has 0 radical (unpaired) electrons. The topological polar surface area (TPSA) is 133 Å². The third kappa shape index (κ3) is 5.33. The van der Waals surface area contributed by atoms with Crippen molar-refractivity contribution in [2.45, 2.75) is 25.2 Å². The van der Waals surface area contributed by atoms with Gasteiger partial charge >= 0.3 is 0 Å². The van der Waals surface area contributed by atoms with E-state index < -0.39 is 32.4 Å². The van der Waals surface area contributed by atoms with E-state index in [9.17, 15) is 27.2 Å². The fraction of sp³-hybridized carbons (Fsp3) is 0.265. The molecule has 0 aliphatic heterocycles. The summed E-state index contributed by atoms with van der Waals surface area (Å²) in [6, 6.07) is 27.1. The smallest absolute Gasteiger partial charge is 0.262 e. The summed E-state index contributed by atoms with van der Waals surface area (Å²) in [4.78, 5) is 13.1. The molecule has 0 saturated heterocycles. The maximum Gasteiger partial charge on any atom is 0.262 e. The van der Waals surface area contributed by atoms with Gasteiger partial charge in [0.15, 0.2) is 15.6 Å². The Bertz CT molecular complexity index is 2010. The van der Waals surface area contributed by atoms with Crippen LogP contribution in [0.2, 0.25) is 0 Å². The second-order valence-corrected chi connectivity index (χ2v) is 14.8. The molecule has 0 fully saturated rings. The van der Waals surface area contributed by atoms with Gasteiger partial charge in [0, 0.05) is 30.3 Å². The first kappa shape index (κ1) is 30.6. The zero-order chi connectivity index (χ0) is 32.1. The Morgan fingerprint density at radius 1 is 1.07 bits per heavy atom. The number of rotatable bonds is 7. The molecule has 45 heavy (non-hydrogen) atoms. The number of carbonyl (C=O) groups is 1. The molecule has 1 N–H and O–H groups in total. The van der Waals surface area contributed by atoms with Gasteiger partial charge < -0.3 is 0 Å². The molecule has 9 nitrogen and oxygen atoms in total. The Morgan fingerprint density at radius 3 is 2.40 bits per heavy atom. The van der Waals surface area contributed by atoms with Gasteiger partial charge in [-0.25, -0.2) is 12.6 Å². The molecule has 11 heteroatoms. The lowest BCUT2D eigenvalue weighted by molar-refractivity contribution is -0.121. The van der Waals surface area contributed by atoms with Crippen molar-refractivity contribution >= 4 is 32.6 Å². The predicted octanol–water partition coefficient (Wildman–Crippen LogP) is 5.22. The van der Waals surface area contributed by atoms with E-state index in [-0.39, 0.29) is 23.2 Å². The van der Waals surface area contributed by atoms with Crippen LogP contribution in [0.5, 0.6) is 0 Å². The molecule has 4 atom stereocenters. The number of carbonyl (C=O) groups excluding carboxylic acids is 1. The number of fused-ring (bicyclic) bond motifs is 3. The fourth-order valence-corrected chi connectivity index (χ4v) is 8.88. The van der Waals surface area contributed by atoms with Crippen LogP contribution >= 0.6 is 0 Å². The zero-order valence-corrected chi connectivity index (χ0v) is 26.7. The van der Waals surface area contributed by atoms with Gasteiger partial charge in [-0.2, -0.15) is 10.4 Å². The van der Waals surface area contributed by atoms with Gasteiger partial charge in [0.05, 0.1) is 28.1 Å². The van der Waals surface area contributed by atoms with Crippen molar-refractivity contribution in [3.63, 3.8) is 0 Å². The first-order valence-corrected chi connectivity index (χ1v) is 17.6. The summed E-state index contributed by atoms with van der Waals surface area (Å²) >= 11 is -2.50. The van der Waals surface area contributed by atoms with Crippen molar-refractivity contribution in [2.24, 2.45) is 18.9 Å². The summed E-state index contributed by atoms with van der Waals surface area (Å²) in [5.41, 5.74) is 6.40. The lowest BCUT2D eigenvalue weighted by atomic mass is 9.54. The van der Waals surface area contributed by atoms with Gasteiger partial charge in [0.1, 0.15) is 11.9 Å². The molecule has 0 amide bonds. The number of hydrogen-bond donors (Lipinski definition) is 1. The highest BCUT2D eigenvalue weighted by Gasteiger charge is 2.54. The number of nitriles is 1. The van der Waals surface area contributed by atoms with Crippen molar-refractivity contribution in [2.75, 3.05) is 16.4 Å². The van der Waals surface area contributed by atoms with Gasteiger partial charge in [-0.15, -0.1) is 0 Å². The number of anilines is 1. The van der Waals surface area contributed by atoms with Crippen LogP contribution in [0.1, 0.15) is 30.2 Å². The van der Waals surface area contributed by atoms with E-state index >= 15 is 0 Å². The molecular formula is C34H32N4O5S2. The summed E-state index contributed by atoms with van der Waals surface area (Å²) in [5, 5.41) is 15.1.